The van der Waals surface area contributed by atoms with Crippen molar-refractivity contribution in [3.05, 3.63) is 24.4 Å². The summed E-state index contributed by atoms with van der Waals surface area (Å²) in [6.45, 7) is 1.65. The van der Waals surface area contributed by atoms with Crippen LogP contribution < -0.4 is 10.2 Å². The van der Waals surface area contributed by atoms with Gasteiger partial charge in [0.15, 0.2) is 0 Å². The van der Waals surface area contributed by atoms with Crippen LogP contribution in [0.15, 0.2) is 24.4 Å². The van der Waals surface area contributed by atoms with Crippen molar-refractivity contribution in [3.63, 3.8) is 0 Å². The van der Waals surface area contributed by atoms with Gasteiger partial charge < -0.3 is 0 Å². The van der Waals surface area contributed by atoms with E-state index < -0.39 is 0 Å². The number of anilines is 1. The number of hydrogen-bond acceptors (Lipinski definition) is 2. The fourth-order valence-corrected chi connectivity index (χ4v) is 1.31. The minimum atomic E-state index is 0.0324. The molecule has 1 aromatic rings. The quantitative estimate of drug-likeness (QED) is 0.606. The lowest BCUT2D eigenvalue weighted by Gasteiger charge is -2.25. The van der Waals surface area contributed by atoms with Crippen LogP contribution in [-0.2, 0) is 4.79 Å². The van der Waals surface area contributed by atoms with Crippen molar-refractivity contribution < 1.29 is 4.79 Å². The summed E-state index contributed by atoms with van der Waals surface area (Å²) in [5.74, 6) is 0.757. The lowest BCUT2D eigenvalue weighted by atomic mass is 10.3. The Kier molecular flexibility index (Phi) is 2.23. The van der Waals surface area contributed by atoms with E-state index in [-0.39, 0.29) is 12.5 Å². The molecule has 0 spiro atoms. The molecule has 0 unspecified atom stereocenters. The highest BCUT2D eigenvalue weighted by Gasteiger charge is 2.20. The fraction of sp³-hybridized carbons (Fsp3) is 0.333. The van der Waals surface area contributed by atoms with E-state index in [0.717, 1.165) is 5.82 Å². The van der Waals surface area contributed by atoms with Gasteiger partial charge in [0.1, 0.15) is 5.82 Å². The Bertz CT molecular complexity index is 299. The van der Waals surface area contributed by atoms with E-state index in [0.29, 0.717) is 13.1 Å². The molecule has 1 radical (unpaired) electrons. The predicted octanol–water partition coefficient (Wildman–Crippen LogP) is 0.0326. The predicted molar refractivity (Wildman–Crippen MR) is 48.5 cm³/mol. The summed E-state index contributed by atoms with van der Waals surface area (Å²) in [6.07, 6.45) is 1.69. The van der Waals surface area contributed by atoms with E-state index in [4.69, 9.17) is 0 Å². The average Bonchev–Trinajstić information content (AvgIpc) is 2.20. The first-order valence-electron chi connectivity index (χ1n) is 4.22. The van der Waals surface area contributed by atoms with E-state index in [1.54, 1.807) is 11.1 Å². The number of aromatic nitrogens is 1. The second-order valence-electron chi connectivity index (χ2n) is 2.84. The molecule has 1 fully saturated rings. The molecular weight excluding hydrogens is 166 g/mol. The van der Waals surface area contributed by atoms with Gasteiger partial charge in [-0.25, -0.2) is 10.3 Å². The van der Waals surface area contributed by atoms with Crippen molar-refractivity contribution in [1.29, 1.82) is 0 Å². The second kappa shape index (κ2) is 3.53. The molecule has 0 aliphatic carbocycles. The summed E-state index contributed by atoms with van der Waals surface area (Å²) in [4.78, 5) is 17.2. The maximum atomic E-state index is 11.4. The Morgan fingerprint density at radius 2 is 2.31 bits per heavy atom. The summed E-state index contributed by atoms with van der Waals surface area (Å²) in [5, 5.41) is 4.01. The second-order valence-corrected chi connectivity index (χ2v) is 2.84. The summed E-state index contributed by atoms with van der Waals surface area (Å²) >= 11 is 0. The highest BCUT2D eigenvalue weighted by Crippen LogP contribution is 2.10. The maximum Gasteiger partial charge on any atom is 0.243 e. The molecule has 1 saturated heterocycles. The van der Waals surface area contributed by atoms with E-state index in [9.17, 15) is 4.79 Å². The molecule has 2 heterocycles. The highest BCUT2D eigenvalue weighted by atomic mass is 16.2. The van der Waals surface area contributed by atoms with Gasteiger partial charge in [0.25, 0.3) is 0 Å². The van der Waals surface area contributed by atoms with Crippen LogP contribution in [0.25, 0.3) is 0 Å². The Morgan fingerprint density at radius 3 is 3.00 bits per heavy atom. The molecule has 4 heteroatoms. The lowest BCUT2D eigenvalue weighted by molar-refractivity contribution is -0.118. The van der Waals surface area contributed by atoms with E-state index in [1.807, 2.05) is 18.2 Å². The molecule has 4 nitrogen and oxygen atoms in total. The van der Waals surface area contributed by atoms with Crippen LogP contribution in [0.2, 0.25) is 0 Å². The molecule has 1 aliphatic rings. The van der Waals surface area contributed by atoms with Gasteiger partial charge in [-0.15, -0.1) is 0 Å². The normalized spacial score (nSPS) is 17.5. The SMILES string of the molecule is O=C1C[N]CCN1c1ccccn1. The Labute approximate surface area is 76.6 Å². The lowest BCUT2D eigenvalue weighted by Crippen LogP contribution is -2.45. The maximum absolute atomic E-state index is 11.4. The Hall–Kier alpha value is -1.42. The largest absolute Gasteiger partial charge is 0.294 e. The van der Waals surface area contributed by atoms with Crippen LogP contribution in [0.4, 0.5) is 5.82 Å². The number of piperazine rings is 1. The first kappa shape index (κ1) is 8.19. The number of carbonyl (C=O) groups excluding carboxylic acids is 1. The van der Waals surface area contributed by atoms with Crippen molar-refractivity contribution in [1.82, 2.24) is 10.3 Å². The molecule has 1 amide bonds. The molecule has 0 aromatic carbocycles. The molecular formula is C9H10N3O. The minimum absolute atomic E-state index is 0.0324. The third-order valence-electron chi connectivity index (χ3n) is 1.96. The third-order valence-corrected chi connectivity index (χ3v) is 1.96. The summed E-state index contributed by atoms with van der Waals surface area (Å²) in [5.41, 5.74) is 0. The van der Waals surface area contributed by atoms with Crippen molar-refractivity contribution in [2.45, 2.75) is 0 Å². The van der Waals surface area contributed by atoms with E-state index >= 15 is 0 Å². The summed E-state index contributed by atoms with van der Waals surface area (Å²) in [7, 11) is 0. The molecule has 13 heavy (non-hydrogen) atoms. The van der Waals surface area contributed by atoms with Crippen LogP contribution in [0.5, 0.6) is 0 Å². The Morgan fingerprint density at radius 1 is 1.38 bits per heavy atom. The first-order chi connectivity index (χ1) is 6.38. The molecule has 1 aliphatic heterocycles. The van der Waals surface area contributed by atoms with Crippen LogP contribution in [0.3, 0.4) is 0 Å². The van der Waals surface area contributed by atoms with Gasteiger partial charge in [-0.1, -0.05) is 6.07 Å². The zero-order valence-electron chi connectivity index (χ0n) is 7.18. The van der Waals surface area contributed by atoms with Crippen molar-refractivity contribution in [2.24, 2.45) is 0 Å². The molecule has 0 N–H and O–H groups in total. The average molecular weight is 176 g/mol. The number of rotatable bonds is 1. The first-order valence-corrected chi connectivity index (χ1v) is 4.22. The molecule has 1 aromatic heterocycles. The minimum Gasteiger partial charge on any atom is -0.294 e. The van der Waals surface area contributed by atoms with E-state index in [1.165, 1.54) is 0 Å². The number of carbonyl (C=O) groups is 1. The topological polar surface area (TPSA) is 47.3 Å². The number of amides is 1. The van der Waals surface area contributed by atoms with Crippen molar-refractivity contribution in [3.8, 4) is 0 Å². The molecule has 0 saturated carbocycles. The fourth-order valence-electron chi connectivity index (χ4n) is 1.31. The van der Waals surface area contributed by atoms with Gasteiger partial charge in [-0.05, 0) is 12.1 Å². The number of nitrogens with zero attached hydrogens (tertiary/aromatic N) is 3. The standard InChI is InChI=1S/C9H10N3O/c13-9-7-10-5-6-12(9)8-3-1-2-4-11-8/h1-4H,5-7H2. The monoisotopic (exact) mass is 176 g/mol. The van der Waals surface area contributed by atoms with Crippen LogP contribution in [0.1, 0.15) is 0 Å². The van der Waals surface area contributed by atoms with Crippen molar-refractivity contribution in [2.75, 3.05) is 24.5 Å². The highest BCUT2D eigenvalue weighted by molar-refractivity contribution is 5.94. The zero-order chi connectivity index (χ0) is 9.10. The molecule has 67 valence electrons. The van der Waals surface area contributed by atoms with Crippen LogP contribution in [0, 0.1) is 0 Å². The van der Waals surface area contributed by atoms with Gasteiger partial charge in [-0.2, -0.15) is 0 Å². The van der Waals surface area contributed by atoms with Crippen LogP contribution >= 0.6 is 0 Å². The van der Waals surface area contributed by atoms with Crippen molar-refractivity contribution >= 4 is 11.7 Å². The van der Waals surface area contributed by atoms with Gasteiger partial charge in [0, 0.05) is 19.3 Å². The molecule has 2 rings (SSSR count). The molecule has 0 bridgehead atoms. The smallest absolute Gasteiger partial charge is 0.243 e. The van der Waals surface area contributed by atoms with Gasteiger partial charge in [0.05, 0.1) is 6.54 Å². The van der Waals surface area contributed by atoms with Gasteiger partial charge in [0.2, 0.25) is 5.91 Å². The Balaban J connectivity index is 2.20. The third kappa shape index (κ3) is 1.67. The number of hydrogen-bond donors (Lipinski definition) is 0. The zero-order valence-corrected chi connectivity index (χ0v) is 7.18. The van der Waals surface area contributed by atoms with Crippen LogP contribution in [-0.4, -0.2) is 30.5 Å². The summed E-state index contributed by atoms with van der Waals surface area (Å²) < 4.78 is 0. The van der Waals surface area contributed by atoms with Gasteiger partial charge in [-0.3, -0.25) is 9.69 Å². The van der Waals surface area contributed by atoms with Gasteiger partial charge >= 0.3 is 0 Å². The molecule has 0 atom stereocenters. The summed E-state index contributed by atoms with van der Waals surface area (Å²) in [6, 6.07) is 5.55. The van der Waals surface area contributed by atoms with E-state index in [2.05, 4.69) is 10.3 Å². The number of pyridine rings is 1.